The topological polar surface area (TPSA) is 48.3 Å². The molecule has 0 saturated heterocycles. The Morgan fingerprint density at radius 3 is 2.64 bits per heavy atom. The number of hydrogen-bond donors (Lipinski definition) is 1. The molecule has 0 saturated carbocycles. The molecule has 1 N–H and O–H groups in total. The zero-order valence-electron chi connectivity index (χ0n) is 9.58. The molecule has 0 aliphatic carbocycles. The molecule has 0 spiro atoms. The van der Waals surface area contributed by atoms with E-state index in [9.17, 15) is 0 Å². The molecular formula is C10H21N3O. The van der Waals surface area contributed by atoms with Gasteiger partial charge in [0.25, 0.3) is 0 Å². The summed E-state index contributed by atoms with van der Waals surface area (Å²) in [7, 11) is 3.70. The van der Waals surface area contributed by atoms with Gasteiger partial charge in [0.15, 0.2) is 0 Å². The summed E-state index contributed by atoms with van der Waals surface area (Å²) >= 11 is 0. The SMILES string of the molecule is CCNC(C#N)CN(C)C(C)COC. The maximum Gasteiger partial charge on any atom is 0.108 e. The molecule has 0 aromatic rings. The minimum atomic E-state index is -0.0932. The number of nitriles is 1. The second-order valence-electron chi connectivity index (χ2n) is 3.48. The Morgan fingerprint density at radius 2 is 2.21 bits per heavy atom. The summed E-state index contributed by atoms with van der Waals surface area (Å²) in [5.74, 6) is 0. The van der Waals surface area contributed by atoms with E-state index in [1.807, 2.05) is 14.0 Å². The second-order valence-corrected chi connectivity index (χ2v) is 3.48. The standard InChI is InChI=1S/C10H21N3O/c1-5-12-10(6-11)7-13(3)9(2)8-14-4/h9-10,12H,5,7-8H2,1-4H3. The lowest BCUT2D eigenvalue weighted by atomic mass is 10.2. The van der Waals surface area contributed by atoms with Gasteiger partial charge in [-0.1, -0.05) is 6.92 Å². The van der Waals surface area contributed by atoms with Crippen molar-refractivity contribution in [1.29, 1.82) is 5.26 Å². The highest BCUT2D eigenvalue weighted by atomic mass is 16.5. The van der Waals surface area contributed by atoms with Crippen molar-refractivity contribution in [2.45, 2.75) is 25.9 Å². The van der Waals surface area contributed by atoms with E-state index in [0.29, 0.717) is 12.6 Å². The van der Waals surface area contributed by atoms with Crippen LogP contribution in [0.15, 0.2) is 0 Å². The molecule has 2 unspecified atom stereocenters. The van der Waals surface area contributed by atoms with E-state index in [1.54, 1.807) is 7.11 Å². The monoisotopic (exact) mass is 199 g/mol. The molecule has 14 heavy (non-hydrogen) atoms. The minimum absolute atomic E-state index is 0.0932. The molecular weight excluding hydrogens is 178 g/mol. The summed E-state index contributed by atoms with van der Waals surface area (Å²) in [5, 5.41) is 12.0. The Balaban J connectivity index is 3.89. The van der Waals surface area contributed by atoms with Crippen molar-refractivity contribution in [3.8, 4) is 6.07 Å². The molecule has 0 aromatic carbocycles. The summed E-state index contributed by atoms with van der Waals surface area (Å²) in [6, 6.07) is 2.49. The first-order chi connectivity index (χ1) is 6.65. The molecule has 0 bridgehead atoms. The Morgan fingerprint density at radius 1 is 1.57 bits per heavy atom. The quantitative estimate of drug-likeness (QED) is 0.647. The molecule has 82 valence electrons. The van der Waals surface area contributed by atoms with Crippen molar-refractivity contribution in [2.24, 2.45) is 0 Å². The molecule has 0 rings (SSSR count). The van der Waals surface area contributed by atoms with Gasteiger partial charge in [0.05, 0.1) is 12.7 Å². The van der Waals surface area contributed by atoms with E-state index < -0.39 is 0 Å². The fourth-order valence-electron chi connectivity index (χ4n) is 1.23. The molecule has 0 aliphatic rings. The number of rotatable bonds is 7. The van der Waals surface area contributed by atoms with Crippen LogP contribution in [0.4, 0.5) is 0 Å². The average Bonchev–Trinajstić information content (AvgIpc) is 2.17. The molecule has 4 nitrogen and oxygen atoms in total. The van der Waals surface area contributed by atoms with Crippen LogP contribution in [-0.4, -0.2) is 50.8 Å². The van der Waals surface area contributed by atoms with Gasteiger partial charge in [0.2, 0.25) is 0 Å². The van der Waals surface area contributed by atoms with Gasteiger partial charge >= 0.3 is 0 Å². The van der Waals surface area contributed by atoms with Crippen molar-refractivity contribution >= 4 is 0 Å². The summed E-state index contributed by atoms with van der Waals surface area (Å²) in [6.45, 7) is 6.34. The van der Waals surface area contributed by atoms with Gasteiger partial charge in [-0.15, -0.1) is 0 Å². The van der Waals surface area contributed by atoms with Crippen LogP contribution in [0.2, 0.25) is 0 Å². The van der Waals surface area contributed by atoms with E-state index in [0.717, 1.165) is 13.1 Å². The van der Waals surface area contributed by atoms with Gasteiger partial charge in [-0.3, -0.25) is 4.90 Å². The fraction of sp³-hybridized carbons (Fsp3) is 0.900. The maximum absolute atomic E-state index is 8.85. The fourth-order valence-corrected chi connectivity index (χ4v) is 1.23. The van der Waals surface area contributed by atoms with Crippen molar-refractivity contribution in [3.05, 3.63) is 0 Å². The molecule has 4 heteroatoms. The van der Waals surface area contributed by atoms with Gasteiger partial charge in [0, 0.05) is 19.7 Å². The molecule has 2 atom stereocenters. The smallest absolute Gasteiger partial charge is 0.108 e. The average molecular weight is 199 g/mol. The summed E-state index contributed by atoms with van der Waals surface area (Å²) < 4.78 is 5.05. The third-order valence-corrected chi connectivity index (χ3v) is 2.24. The molecule has 0 aromatic heterocycles. The van der Waals surface area contributed by atoms with Crippen molar-refractivity contribution in [1.82, 2.24) is 10.2 Å². The third-order valence-electron chi connectivity index (χ3n) is 2.24. The van der Waals surface area contributed by atoms with E-state index in [-0.39, 0.29) is 6.04 Å². The van der Waals surface area contributed by atoms with E-state index in [2.05, 4.69) is 23.2 Å². The Labute approximate surface area is 86.8 Å². The van der Waals surface area contributed by atoms with Crippen LogP contribution >= 0.6 is 0 Å². The largest absolute Gasteiger partial charge is 0.383 e. The van der Waals surface area contributed by atoms with E-state index >= 15 is 0 Å². The lowest BCUT2D eigenvalue weighted by Gasteiger charge is -2.26. The highest BCUT2D eigenvalue weighted by molar-refractivity contribution is 4.91. The van der Waals surface area contributed by atoms with Crippen LogP contribution in [0.3, 0.4) is 0 Å². The highest BCUT2D eigenvalue weighted by Crippen LogP contribution is 1.97. The van der Waals surface area contributed by atoms with Gasteiger partial charge in [-0.05, 0) is 20.5 Å². The first kappa shape index (κ1) is 13.4. The number of nitrogens with zero attached hydrogens (tertiary/aromatic N) is 2. The Hall–Kier alpha value is -0.630. The van der Waals surface area contributed by atoms with E-state index in [1.165, 1.54) is 0 Å². The number of ether oxygens (including phenoxy) is 1. The molecule has 0 fully saturated rings. The molecule has 0 aliphatic heterocycles. The zero-order chi connectivity index (χ0) is 11.0. The summed E-state index contributed by atoms with van der Waals surface area (Å²) in [6.07, 6.45) is 0. The number of methoxy groups -OCH3 is 1. The highest BCUT2D eigenvalue weighted by Gasteiger charge is 2.13. The predicted molar refractivity (Wildman–Crippen MR) is 57.0 cm³/mol. The third kappa shape index (κ3) is 5.18. The number of likely N-dealkylation sites (N-methyl/N-ethyl adjacent to an activating group) is 2. The molecule has 0 heterocycles. The predicted octanol–water partition coefficient (Wildman–Crippen LogP) is 0.455. The maximum atomic E-state index is 8.85. The van der Waals surface area contributed by atoms with Crippen LogP contribution in [0.5, 0.6) is 0 Å². The Kier molecular flexibility index (Phi) is 7.40. The zero-order valence-corrected chi connectivity index (χ0v) is 9.58. The van der Waals surface area contributed by atoms with Crippen LogP contribution < -0.4 is 5.32 Å². The minimum Gasteiger partial charge on any atom is -0.383 e. The lowest BCUT2D eigenvalue weighted by molar-refractivity contribution is 0.113. The summed E-state index contributed by atoms with van der Waals surface area (Å²) in [5.41, 5.74) is 0. The second kappa shape index (κ2) is 7.74. The normalized spacial score (nSPS) is 15.1. The van der Waals surface area contributed by atoms with Crippen LogP contribution in [0, 0.1) is 11.3 Å². The van der Waals surface area contributed by atoms with Crippen LogP contribution in [0.25, 0.3) is 0 Å². The van der Waals surface area contributed by atoms with Crippen molar-refractivity contribution in [2.75, 3.05) is 33.9 Å². The lowest BCUT2D eigenvalue weighted by Crippen LogP contribution is -2.43. The van der Waals surface area contributed by atoms with Gasteiger partial charge in [0.1, 0.15) is 6.04 Å². The molecule has 0 amide bonds. The van der Waals surface area contributed by atoms with Gasteiger partial charge in [-0.2, -0.15) is 5.26 Å². The van der Waals surface area contributed by atoms with Crippen molar-refractivity contribution < 1.29 is 4.74 Å². The van der Waals surface area contributed by atoms with E-state index in [4.69, 9.17) is 10.00 Å². The van der Waals surface area contributed by atoms with Gasteiger partial charge < -0.3 is 10.1 Å². The number of nitrogens with one attached hydrogen (secondary N) is 1. The van der Waals surface area contributed by atoms with Crippen molar-refractivity contribution in [3.63, 3.8) is 0 Å². The Bertz CT molecular complexity index is 179. The van der Waals surface area contributed by atoms with Gasteiger partial charge in [-0.25, -0.2) is 0 Å². The number of hydrogen-bond acceptors (Lipinski definition) is 4. The first-order valence-corrected chi connectivity index (χ1v) is 4.97. The summed E-state index contributed by atoms with van der Waals surface area (Å²) in [4.78, 5) is 2.13. The van der Waals surface area contributed by atoms with Crippen LogP contribution in [0.1, 0.15) is 13.8 Å². The first-order valence-electron chi connectivity index (χ1n) is 4.97. The molecule has 0 radical (unpaired) electrons. The van der Waals surface area contributed by atoms with Crippen LogP contribution in [-0.2, 0) is 4.74 Å².